The number of hydrogen-bond acceptors (Lipinski definition) is 4. The van der Waals surface area contributed by atoms with Gasteiger partial charge < -0.3 is 0 Å². The number of aryl methyl sites for hydroxylation is 1. The highest BCUT2D eigenvalue weighted by Crippen LogP contribution is 2.51. The number of hydrogen-bond donors (Lipinski definition) is 1. The van der Waals surface area contributed by atoms with Crippen molar-refractivity contribution in [2.75, 3.05) is 11.5 Å². The molecule has 16 heavy (non-hydrogen) atoms. The molecule has 1 aliphatic heterocycles. The molecule has 0 aliphatic carbocycles. The van der Waals surface area contributed by atoms with Gasteiger partial charge in [-0.1, -0.05) is 18.3 Å². The van der Waals surface area contributed by atoms with Gasteiger partial charge in [0.2, 0.25) is 0 Å². The molecule has 1 aromatic heterocycles. The van der Waals surface area contributed by atoms with E-state index < -0.39 is 0 Å². The van der Waals surface area contributed by atoms with Crippen LogP contribution in [-0.4, -0.2) is 20.7 Å². The van der Waals surface area contributed by atoms with Gasteiger partial charge in [0.05, 0.1) is 9.89 Å². The van der Waals surface area contributed by atoms with E-state index in [1.807, 2.05) is 42.6 Å². The van der Waals surface area contributed by atoms with Gasteiger partial charge in [0.25, 0.3) is 0 Å². The van der Waals surface area contributed by atoms with Crippen molar-refractivity contribution in [3.8, 4) is 0 Å². The first-order valence-electron chi connectivity index (χ1n) is 5.10. The molecular formula is C11H13NS4. The van der Waals surface area contributed by atoms with Crippen molar-refractivity contribution in [1.82, 2.24) is 4.98 Å². The topological polar surface area (TPSA) is 12.9 Å². The lowest BCUT2D eigenvalue weighted by molar-refractivity contribution is 1.01. The van der Waals surface area contributed by atoms with Crippen molar-refractivity contribution in [3.05, 3.63) is 29.6 Å². The summed E-state index contributed by atoms with van der Waals surface area (Å²) >= 11 is 13.5. The predicted molar refractivity (Wildman–Crippen MR) is 81.8 cm³/mol. The molecule has 0 radical (unpaired) electrons. The van der Waals surface area contributed by atoms with Gasteiger partial charge in [-0.3, -0.25) is 4.98 Å². The van der Waals surface area contributed by atoms with Gasteiger partial charge in [0.15, 0.2) is 0 Å². The first-order valence-corrected chi connectivity index (χ1v) is 7.93. The molecule has 2 rings (SSSR count). The second-order valence-electron chi connectivity index (χ2n) is 3.64. The fraction of sp³-hybridized carbons (Fsp3) is 0.455. The van der Waals surface area contributed by atoms with Crippen LogP contribution in [0.1, 0.15) is 17.8 Å². The molecule has 1 fully saturated rings. The summed E-state index contributed by atoms with van der Waals surface area (Å²) in [6, 6.07) is 6.11. The Labute approximate surface area is 116 Å². The SMILES string of the molecule is Cc1cccc(C2(C(=S)S)SCCCS2)n1. The van der Waals surface area contributed by atoms with E-state index in [1.165, 1.54) is 6.42 Å². The number of thioether (sulfide) groups is 2. The number of nitrogens with zero attached hydrogens (tertiary/aromatic N) is 1. The van der Waals surface area contributed by atoms with Crippen LogP contribution in [0.5, 0.6) is 0 Å². The summed E-state index contributed by atoms with van der Waals surface area (Å²) in [4.78, 5) is 4.61. The summed E-state index contributed by atoms with van der Waals surface area (Å²) in [5.41, 5.74) is 2.08. The highest BCUT2D eigenvalue weighted by atomic mass is 32.2. The molecule has 0 saturated carbocycles. The van der Waals surface area contributed by atoms with Gasteiger partial charge in [-0.15, -0.1) is 36.2 Å². The van der Waals surface area contributed by atoms with Gasteiger partial charge >= 0.3 is 0 Å². The average molecular weight is 288 g/mol. The summed E-state index contributed by atoms with van der Waals surface area (Å²) in [6.07, 6.45) is 1.24. The molecule has 86 valence electrons. The Morgan fingerprint density at radius 1 is 1.44 bits per heavy atom. The van der Waals surface area contributed by atoms with Crippen LogP contribution in [0.25, 0.3) is 0 Å². The van der Waals surface area contributed by atoms with E-state index in [0.29, 0.717) is 0 Å². The van der Waals surface area contributed by atoms with Crippen LogP contribution in [0.3, 0.4) is 0 Å². The van der Waals surface area contributed by atoms with Crippen molar-refractivity contribution in [1.29, 1.82) is 0 Å². The summed E-state index contributed by atoms with van der Waals surface area (Å²) < 4.78 is 0.517. The molecule has 5 heteroatoms. The third kappa shape index (κ3) is 2.42. The van der Waals surface area contributed by atoms with Crippen molar-refractivity contribution in [2.45, 2.75) is 17.4 Å². The summed E-state index contributed by atoms with van der Waals surface area (Å²) in [5, 5.41) is 0. The Bertz CT molecular complexity index is 399. The van der Waals surface area contributed by atoms with E-state index in [4.69, 9.17) is 12.2 Å². The van der Waals surface area contributed by atoms with Gasteiger partial charge in [-0.05, 0) is 37.0 Å². The van der Waals surface area contributed by atoms with Crippen molar-refractivity contribution < 1.29 is 0 Å². The van der Waals surface area contributed by atoms with Crippen LogP contribution in [0.2, 0.25) is 0 Å². The van der Waals surface area contributed by atoms with E-state index >= 15 is 0 Å². The molecule has 1 aliphatic rings. The van der Waals surface area contributed by atoms with Gasteiger partial charge in [0, 0.05) is 5.69 Å². The van der Waals surface area contributed by atoms with Gasteiger partial charge in [-0.25, -0.2) is 0 Å². The molecule has 0 unspecified atom stereocenters. The Kier molecular flexibility index (Phi) is 4.21. The maximum Gasteiger partial charge on any atom is 0.144 e. The fourth-order valence-corrected chi connectivity index (χ4v) is 5.54. The number of thiol groups is 1. The minimum Gasteiger partial charge on any atom is -0.255 e. The highest BCUT2D eigenvalue weighted by molar-refractivity contribution is 8.25. The molecule has 1 aromatic rings. The van der Waals surface area contributed by atoms with E-state index in [1.54, 1.807) is 0 Å². The standard InChI is InChI=1S/C11H13NS4/c1-8-4-2-5-9(12-8)11(10(13)14)15-6-3-7-16-11/h2,4-5H,3,6-7H2,1H3,(H,13,14). The van der Waals surface area contributed by atoms with Crippen molar-refractivity contribution in [2.24, 2.45) is 0 Å². The van der Waals surface area contributed by atoms with Crippen molar-refractivity contribution >= 4 is 52.6 Å². The quantitative estimate of drug-likeness (QED) is 0.658. The lowest BCUT2D eigenvalue weighted by atomic mass is 10.2. The molecule has 0 bridgehead atoms. The Balaban J connectivity index is 2.42. The first kappa shape index (κ1) is 12.7. The van der Waals surface area contributed by atoms with E-state index in [2.05, 4.69) is 23.7 Å². The zero-order valence-corrected chi connectivity index (χ0v) is 12.3. The Morgan fingerprint density at radius 3 is 2.69 bits per heavy atom. The molecule has 0 atom stereocenters. The molecule has 0 N–H and O–H groups in total. The van der Waals surface area contributed by atoms with Crippen molar-refractivity contribution in [3.63, 3.8) is 0 Å². The molecule has 1 saturated heterocycles. The lowest BCUT2D eigenvalue weighted by Gasteiger charge is -2.34. The molecule has 0 aromatic carbocycles. The largest absolute Gasteiger partial charge is 0.255 e. The van der Waals surface area contributed by atoms with Crippen LogP contribution in [0.4, 0.5) is 0 Å². The number of pyridine rings is 1. The van der Waals surface area contributed by atoms with Crippen LogP contribution in [-0.2, 0) is 4.08 Å². The number of thiocarbonyl (C=S) groups is 1. The molecule has 0 spiro atoms. The van der Waals surface area contributed by atoms with Gasteiger partial charge in [-0.2, -0.15) is 0 Å². The average Bonchev–Trinajstić information content (AvgIpc) is 2.30. The third-order valence-electron chi connectivity index (χ3n) is 2.41. The maximum atomic E-state index is 5.34. The molecule has 0 amide bonds. The minimum atomic E-state index is -0.220. The summed E-state index contributed by atoms with van der Waals surface area (Å²) in [7, 11) is 0. The summed E-state index contributed by atoms with van der Waals surface area (Å²) in [6.45, 7) is 2.01. The molecular weight excluding hydrogens is 274 g/mol. The third-order valence-corrected chi connectivity index (χ3v) is 6.94. The van der Waals surface area contributed by atoms with Gasteiger partial charge in [0.1, 0.15) is 4.08 Å². The Hall–Kier alpha value is 0.290. The zero-order chi connectivity index (χ0) is 11.6. The van der Waals surface area contributed by atoms with E-state index in [0.717, 1.165) is 27.1 Å². The zero-order valence-electron chi connectivity index (χ0n) is 8.97. The van der Waals surface area contributed by atoms with E-state index in [9.17, 15) is 0 Å². The smallest absolute Gasteiger partial charge is 0.144 e. The first-order chi connectivity index (χ1) is 7.65. The van der Waals surface area contributed by atoms with Crippen LogP contribution in [0.15, 0.2) is 18.2 Å². The monoisotopic (exact) mass is 287 g/mol. The predicted octanol–water partition coefficient (Wildman–Crippen LogP) is 3.67. The summed E-state index contributed by atoms with van der Waals surface area (Å²) in [5.74, 6) is 2.26. The highest BCUT2D eigenvalue weighted by Gasteiger charge is 2.39. The number of aromatic nitrogens is 1. The normalized spacial score (nSPS) is 19.4. The Morgan fingerprint density at radius 2 is 2.12 bits per heavy atom. The maximum absolute atomic E-state index is 5.34. The van der Waals surface area contributed by atoms with Crippen LogP contribution >= 0.6 is 48.4 Å². The number of rotatable bonds is 2. The lowest BCUT2D eigenvalue weighted by Crippen LogP contribution is -2.29. The molecule has 2 heterocycles. The molecule has 1 nitrogen and oxygen atoms in total. The minimum absolute atomic E-state index is 0.220. The fourth-order valence-electron chi connectivity index (χ4n) is 1.64. The second kappa shape index (κ2) is 5.29. The second-order valence-corrected chi connectivity index (χ2v) is 7.67. The van der Waals surface area contributed by atoms with Crippen LogP contribution in [0, 0.1) is 6.92 Å². The van der Waals surface area contributed by atoms with E-state index in [-0.39, 0.29) is 4.08 Å². The van der Waals surface area contributed by atoms with Crippen LogP contribution < -0.4 is 0 Å².